The molecule has 0 spiro atoms. The van der Waals surface area contributed by atoms with E-state index in [0.717, 1.165) is 22.3 Å². The number of hydrogen-bond acceptors (Lipinski definition) is 6. The predicted octanol–water partition coefficient (Wildman–Crippen LogP) is 4.30. The quantitative estimate of drug-likeness (QED) is 0.446. The summed E-state index contributed by atoms with van der Waals surface area (Å²) in [6.45, 7) is 6.89. The van der Waals surface area contributed by atoms with Crippen molar-refractivity contribution in [2.75, 3.05) is 26.4 Å². The molecule has 0 heterocycles. The van der Waals surface area contributed by atoms with E-state index in [-0.39, 0.29) is 25.7 Å². The zero-order chi connectivity index (χ0) is 26.3. The van der Waals surface area contributed by atoms with Crippen LogP contribution in [-0.2, 0) is 19.0 Å². The summed E-state index contributed by atoms with van der Waals surface area (Å²) in [5, 5.41) is 14.7. The third-order valence-corrected chi connectivity index (χ3v) is 5.75. The van der Waals surface area contributed by atoms with E-state index in [1.54, 1.807) is 27.7 Å². The highest BCUT2D eigenvalue weighted by molar-refractivity contribution is 5.79. The van der Waals surface area contributed by atoms with Gasteiger partial charge in [0.25, 0.3) is 0 Å². The van der Waals surface area contributed by atoms with E-state index in [1.807, 2.05) is 48.5 Å². The molecule has 1 aliphatic carbocycles. The van der Waals surface area contributed by atoms with Gasteiger partial charge in [-0.15, -0.1) is 0 Å². The van der Waals surface area contributed by atoms with Crippen LogP contribution in [0.2, 0.25) is 0 Å². The maximum absolute atomic E-state index is 12.9. The predicted molar refractivity (Wildman–Crippen MR) is 134 cm³/mol. The lowest BCUT2D eigenvalue weighted by Crippen LogP contribution is -2.60. The van der Waals surface area contributed by atoms with Crippen LogP contribution in [0.25, 0.3) is 11.1 Å². The number of hydrogen-bond donors (Lipinski definition) is 3. The molecular formula is C27H34N2O7. The number of carbonyl (C=O) groups excluding carboxylic acids is 2. The van der Waals surface area contributed by atoms with Crippen molar-refractivity contribution in [1.82, 2.24) is 10.6 Å². The van der Waals surface area contributed by atoms with Crippen LogP contribution in [0.15, 0.2) is 48.5 Å². The van der Waals surface area contributed by atoms with Crippen LogP contribution in [0.3, 0.4) is 0 Å². The number of aliphatic carboxylic acids is 1. The fraction of sp³-hybridized carbons (Fsp3) is 0.444. The summed E-state index contributed by atoms with van der Waals surface area (Å²) in [5.74, 6) is -1.32. The smallest absolute Gasteiger partial charge is 0.407 e. The number of benzene rings is 2. The Morgan fingerprint density at radius 2 is 1.53 bits per heavy atom. The molecule has 194 valence electrons. The molecule has 9 heteroatoms. The highest BCUT2D eigenvalue weighted by atomic mass is 16.6. The second kappa shape index (κ2) is 11.4. The van der Waals surface area contributed by atoms with E-state index >= 15 is 0 Å². The summed E-state index contributed by atoms with van der Waals surface area (Å²) in [6, 6.07) is 15.9. The minimum Gasteiger partial charge on any atom is -0.481 e. The molecule has 0 saturated carbocycles. The van der Waals surface area contributed by atoms with Gasteiger partial charge in [0.2, 0.25) is 0 Å². The number of rotatable bonds is 10. The monoisotopic (exact) mass is 498 g/mol. The lowest BCUT2D eigenvalue weighted by atomic mass is 9.96. The van der Waals surface area contributed by atoms with Crippen LogP contribution in [0.1, 0.15) is 51.2 Å². The van der Waals surface area contributed by atoms with Gasteiger partial charge in [-0.3, -0.25) is 4.79 Å². The summed E-state index contributed by atoms with van der Waals surface area (Å²) in [7, 11) is 0. The number of ether oxygens (including phenoxy) is 3. The topological polar surface area (TPSA) is 123 Å². The first-order valence-corrected chi connectivity index (χ1v) is 11.9. The Hall–Kier alpha value is -3.59. The van der Waals surface area contributed by atoms with Gasteiger partial charge in [0.15, 0.2) is 0 Å². The molecule has 2 aromatic rings. The normalized spacial score (nSPS) is 14.2. The van der Waals surface area contributed by atoms with Gasteiger partial charge < -0.3 is 30.0 Å². The van der Waals surface area contributed by atoms with E-state index in [1.165, 1.54) is 0 Å². The Morgan fingerprint density at radius 1 is 0.944 bits per heavy atom. The summed E-state index contributed by atoms with van der Waals surface area (Å²) < 4.78 is 16.3. The number of fused-ring (bicyclic) bond motifs is 3. The number of carbonyl (C=O) groups is 3. The van der Waals surface area contributed by atoms with E-state index in [9.17, 15) is 19.5 Å². The number of carboxylic acids is 1. The van der Waals surface area contributed by atoms with Gasteiger partial charge >= 0.3 is 18.2 Å². The summed E-state index contributed by atoms with van der Waals surface area (Å²) in [5.41, 5.74) is 2.13. The van der Waals surface area contributed by atoms with Crippen molar-refractivity contribution in [2.45, 2.75) is 51.2 Å². The Bertz CT molecular complexity index is 1050. The molecule has 0 bridgehead atoms. The van der Waals surface area contributed by atoms with Gasteiger partial charge in [-0.05, 0) is 49.9 Å². The highest BCUT2D eigenvalue weighted by Crippen LogP contribution is 2.44. The molecule has 0 aliphatic heterocycles. The summed E-state index contributed by atoms with van der Waals surface area (Å²) >= 11 is 0. The summed E-state index contributed by atoms with van der Waals surface area (Å²) in [6.07, 6.45) is -2.03. The lowest BCUT2D eigenvalue weighted by Gasteiger charge is -2.33. The van der Waals surface area contributed by atoms with Gasteiger partial charge in [-0.2, -0.15) is 0 Å². The van der Waals surface area contributed by atoms with Crippen molar-refractivity contribution in [3.8, 4) is 11.1 Å². The van der Waals surface area contributed by atoms with Gasteiger partial charge in [-0.1, -0.05) is 48.5 Å². The molecule has 0 radical (unpaired) electrons. The standard InChI is InChI=1S/C27H34N2O7/c1-5-34-17-27(14-23(30)31,16-28-24(32)36-26(2,3)4)29-25(33)35-15-22-20-12-8-6-10-18(20)19-11-7-9-13-21(19)22/h6-13,22H,5,14-17H2,1-4H3,(H,28,32)(H,29,33)(H,30,31). The maximum Gasteiger partial charge on any atom is 0.407 e. The second-order valence-electron chi connectivity index (χ2n) is 9.79. The molecule has 0 fully saturated rings. The largest absolute Gasteiger partial charge is 0.481 e. The first-order chi connectivity index (χ1) is 17.0. The average molecular weight is 499 g/mol. The molecule has 0 aromatic heterocycles. The Morgan fingerprint density at radius 3 is 2.06 bits per heavy atom. The zero-order valence-electron chi connectivity index (χ0n) is 21.1. The zero-order valence-corrected chi connectivity index (χ0v) is 21.1. The first-order valence-electron chi connectivity index (χ1n) is 11.9. The Balaban J connectivity index is 1.73. The van der Waals surface area contributed by atoms with Crippen molar-refractivity contribution in [1.29, 1.82) is 0 Å². The molecule has 1 aliphatic rings. The number of amides is 2. The molecule has 2 aromatic carbocycles. The molecule has 2 amide bonds. The van der Waals surface area contributed by atoms with Crippen molar-refractivity contribution in [3.05, 3.63) is 59.7 Å². The van der Waals surface area contributed by atoms with Gasteiger partial charge in [0.1, 0.15) is 12.2 Å². The van der Waals surface area contributed by atoms with Gasteiger partial charge in [0.05, 0.1) is 18.6 Å². The van der Waals surface area contributed by atoms with Crippen molar-refractivity contribution in [3.63, 3.8) is 0 Å². The average Bonchev–Trinajstić information content (AvgIpc) is 3.12. The van der Waals surface area contributed by atoms with Crippen LogP contribution in [0.4, 0.5) is 9.59 Å². The van der Waals surface area contributed by atoms with Crippen LogP contribution in [0.5, 0.6) is 0 Å². The molecule has 1 atom stereocenters. The number of carboxylic acid groups (broad SMARTS) is 1. The molecule has 9 nitrogen and oxygen atoms in total. The van der Waals surface area contributed by atoms with Gasteiger partial charge in [-0.25, -0.2) is 9.59 Å². The van der Waals surface area contributed by atoms with E-state index in [4.69, 9.17) is 14.2 Å². The molecule has 3 N–H and O–H groups in total. The number of nitrogens with one attached hydrogen (secondary N) is 2. The minimum atomic E-state index is -1.44. The Labute approximate surface area is 211 Å². The minimum absolute atomic E-state index is 0.0666. The molecule has 3 rings (SSSR count). The van der Waals surface area contributed by atoms with Crippen LogP contribution in [0, 0.1) is 0 Å². The summed E-state index contributed by atoms with van der Waals surface area (Å²) in [4.78, 5) is 36.8. The second-order valence-corrected chi connectivity index (χ2v) is 9.79. The highest BCUT2D eigenvalue weighted by Gasteiger charge is 2.37. The third kappa shape index (κ3) is 6.97. The fourth-order valence-corrected chi connectivity index (χ4v) is 4.28. The molecule has 36 heavy (non-hydrogen) atoms. The van der Waals surface area contributed by atoms with Crippen LogP contribution >= 0.6 is 0 Å². The first kappa shape index (κ1) is 27.0. The van der Waals surface area contributed by atoms with Crippen molar-refractivity contribution < 1.29 is 33.7 Å². The number of alkyl carbamates (subject to hydrolysis) is 2. The lowest BCUT2D eigenvalue weighted by molar-refractivity contribution is -0.139. The SMILES string of the molecule is CCOCC(CNC(=O)OC(C)(C)C)(CC(=O)O)NC(=O)OCC1c2ccccc2-c2ccccc21. The maximum atomic E-state index is 12.9. The molecule has 1 unspecified atom stereocenters. The van der Waals surface area contributed by atoms with Gasteiger partial charge in [0, 0.05) is 19.1 Å². The van der Waals surface area contributed by atoms with Crippen LogP contribution in [-0.4, -0.2) is 60.8 Å². The van der Waals surface area contributed by atoms with Crippen molar-refractivity contribution in [2.24, 2.45) is 0 Å². The van der Waals surface area contributed by atoms with E-state index < -0.39 is 35.7 Å². The van der Waals surface area contributed by atoms with Crippen LogP contribution < -0.4 is 10.6 Å². The van der Waals surface area contributed by atoms with E-state index in [2.05, 4.69) is 10.6 Å². The van der Waals surface area contributed by atoms with Crippen molar-refractivity contribution >= 4 is 18.2 Å². The molecule has 0 saturated heterocycles. The molecular weight excluding hydrogens is 464 g/mol. The third-order valence-electron chi connectivity index (χ3n) is 5.75. The Kier molecular flexibility index (Phi) is 8.57. The van der Waals surface area contributed by atoms with E-state index in [0.29, 0.717) is 6.61 Å². The fourth-order valence-electron chi connectivity index (χ4n) is 4.28.